The molecule has 0 radical (unpaired) electrons. The summed E-state index contributed by atoms with van der Waals surface area (Å²) in [5, 5.41) is 8.32. The number of aromatic nitrogens is 5. The quantitative estimate of drug-likeness (QED) is 0.370. The van der Waals surface area contributed by atoms with Crippen molar-refractivity contribution >= 4 is 28.8 Å². The molecule has 5 rings (SSSR count). The molecule has 180 valence electrons. The van der Waals surface area contributed by atoms with Crippen LogP contribution in [-0.4, -0.2) is 37.1 Å². The Morgan fingerprint density at radius 3 is 2.83 bits per heavy atom. The molecule has 1 N–H and O–H groups in total. The normalized spacial score (nSPS) is 15.6. The van der Waals surface area contributed by atoms with E-state index in [2.05, 4.69) is 64.3 Å². The summed E-state index contributed by atoms with van der Waals surface area (Å²) < 4.78 is 7.60. The van der Waals surface area contributed by atoms with Crippen LogP contribution in [-0.2, 0) is 23.8 Å². The highest BCUT2D eigenvalue weighted by Gasteiger charge is 2.26. The van der Waals surface area contributed by atoms with E-state index in [-0.39, 0.29) is 17.1 Å². The number of benzene rings is 1. The first-order valence-electron chi connectivity index (χ1n) is 11.6. The molecule has 1 atom stereocenters. The summed E-state index contributed by atoms with van der Waals surface area (Å²) in [6.45, 7) is 7.39. The molecule has 1 aromatic carbocycles. The van der Waals surface area contributed by atoms with Gasteiger partial charge in [0.05, 0.1) is 40.7 Å². The van der Waals surface area contributed by atoms with Gasteiger partial charge in [0.2, 0.25) is 5.95 Å². The summed E-state index contributed by atoms with van der Waals surface area (Å²) in [6.07, 6.45) is 7.45. The van der Waals surface area contributed by atoms with Crippen LogP contribution in [0.3, 0.4) is 0 Å². The van der Waals surface area contributed by atoms with Crippen LogP contribution >= 0.6 is 11.3 Å². The van der Waals surface area contributed by atoms with Crippen LogP contribution in [0.1, 0.15) is 58.9 Å². The number of hydrogen-bond donors (Lipinski definition) is 1. The van der Waals surface area contributed by atoms with Crippen LogP contribution < -0.4 is 5.32 Å². The molecule has 3 aromatic heterocycles. The highest BCUT2D eigenvalue weighted by Crippen LogP contribution is 2.34. The van der Waals surface area contributed by atoms with Crippen molar-refractivity contribution < 1.29 is 9.53 Å². The van der Waals surface area contributed by atoms with E-state index in [4.69, 9.17) is 4.74 Å². The second kappa shape index (κ2) is 9.31. The fourth-order valence-electron chi connectivity index (χ4n) is 4.13. The van der Waals surface area contributed by atoms with Crippen LogP contribution in [0.2, 0.25) is 0 Å². The lowest BCUT2D eigenvalue weighted by atomic mass is 9.87. The second-order valence-corrected chi connectivity index (χ2v) is 10.9. The van der Waals surface area contributed by atoms with Crippen LogP contribution in [0.15, 0.2) is 49.1 Å². The number of Topliss-reactive ketones (excluding diaryl/α,β-unsaturated/α-hetero) is 1. The lowest BCUT2D eigenvalue weighted by Crippen LogP contribution is -2.19. The third-order valence-electron chi connectivity index (χ3n) is 5.93. The first-order chi connectivity index (χ1) is 16.8. The third kappa shape index (κ3) is 5.16. The first-order valence-corrected chi connectivity index (χ1v) is 12.4. The van der Waals surface area contributed by atoms with E-state index < -0.39 is 0 Å². The molecule has 9 heteroatoms. The largest absolute Gasteiger partial charge is 0.376 e. The molecule has 0 spiro atoms. The topological polar surface area (TPSA) is 94.8 Å². The number of anilines is 2. The van der Waals surface area contributed by atoms with Gasteiger partial charge in [-0.1, -0.05) is 32.9 Å². The van der Waals surface area contributed by atoms with Crippen LogP contribution in [0, 0.1) is 0 Å². The number of thiazole rings is 1. The average Bonchev–Trinajstić information content (AvgIpc) is 3.49. The van der Waals surface area contributed by atoms with Crippen LogP contribution in [0.25, 0.3) is 11.3 Å². The van der Waals surface area contributed by atoms with Gasteiger partial charge in [-0.2, -0.15) is 5.10 Å². The maximum atomic E-state index is 13.0. The summed E-state index contributed by atoms with van der Waals surface area (Å²) in [6, 6.07) is 8.15. The lowest BCUT2D eigenvalue weighted by molar-refractivity contribution is 0.0788. The smallest absolute Gasteiger partial charge is 0.227 e. The molecule has 4 aromatic rings. The van der Waals surface area contributed by atoms with Gasteiger partial charge in [0, 0.05) is 49.0 Å². The van der Waals surface area contributed by atoms with Crippen molar-refractivity contribution in [1.82, 2.24) is 24.7 Å². The molecule has 0 bridgehead atoms. The second-order valence-electron chi connectivity index (χ2n) is 9.83. The van der Waals surface area contributed by atoms with Gasteiger partial charge in [0.25, 0.3) is 0 Å². The standard InChI is InChI=1S/C26H28N6O2S/c1-26(2,3)24-28-12-23(35-24)22(33)10-18-15-34-14-17-9-16(5-6-20(17)18)21-7-8-27-25(31-21)30-19-11-29-32(4)13-19/h5-9,11-13,18H,10,14-15H2,1-4H3,(H,27,30,31). The molecule has 8 nitrogen and oxygen atoms in total. The Kier molecular flexibility index (Phi) is 6.21. The van der Waals surface area contributed by atoms with Gasteiger partial charge in [-0.3, -0.25) is 9.48 Å². The Bertz CT molecular complexity index is 1370. The molecule has 0 amide bonds. The monoisotopic (exact) mass is 488 g/mol. The Labute approximate surface area is 208 Å². The summed E-state index contributed by atoms with van der Waals surface area (Å²) >= 11 is 1.49. The number of carbonyl (C=O) groups excluding carboxylic acids is 1. The fourth-order valence-corrected chi connectivity index (χ4v) is 5.05. The highest BCUT2D eigenvalue weighted by atomic mass is 32.1. The number of hydrogen-bond acceptors (Lipinski definition) is 8. The maximum absolute atomic E-state index is 13.0. The predicted molar refractivity (Wildman–Crippen MR) is 136 cm³/mol. The summed E-state index contributed by atoms with van der Waals surface area (Å²) in [4.78, 5) is 27.2. The lowest BCUT2D eigenvalue weighted by Gasteiger charge is -2.25. The molecule has 0 aliphatic carbocycles. The molecular weight excluding hydrogens is 460 g/mol. The molecule has 0 saturated carbocycles. The minimum Gasteiger partial charge on any atom is -0.376 e. The van der Waals surface area contributed by atoms with Crippen molar-refractivity contribution in [3.63, 3.8) is 0 Å². The zero-order valence-electron chi connectivity index (χ0n) is 20.3. The van der Waals surface area contributed by atoms with Gasteiger partial charge in [0.1, 0.15) is 0 Å². The number of ketones is 1. The Balaban J connectivity index is 1.34. The van der Waals surface area contributed by atoms with Gasteiger partial charge < -0.3 is 10.1 Å². The maximum Gasteiger partial charge on any atom is 0.227 e. The molecule has 1 aliphatic heterocycles. The molecule has 4 heterocycles. The van der Waals surface area contributed by atoms with Gasteiger partial charge in [-0.05, 0) is 23.3 Å². The zero-order chi connectivity index (χ0) is 24.6. The first kappa shape index (κ1) is 23.3. The van der Waals surface area contributed by atoms with Crippen molar-refractivity contribution in [3.05, 3.63) is 70.1 Å². The number of fused-ring (bicyclic) bond motifs is 1. The van der Waals surface area contributed by atoms with Crippen LogP contribution in [0.5, 0.6) is 0 Å². The Hall–Kier alpha value is -3.43. The van der Waals surface area contributed by atoms with Gasteiger partial charge in [-0.15, -0.1) is 11.3 Å². The summed E-state index contributed by atoms with van der Waals surface area (Å²) in [5.41, 5.74) is 4.81. The minimum atomic E-state index is -0.0610. The highest BCUT2D eigenvalue weighted by molar-refractivity contribution is 7.13. The van der Waals surface area contributed by atoms with E-state index in [1.807, 2.05) is 19.3 Å². The SMILES string of the molecule is Cn1cc(Nc2nccc(-c3ccc4c(c3)COCC4CC(=O)c3cnc(C(C)(C)C)s3)n2)cn1. The molecule has 1 unspecified atom stereocenters. The Morgan fingerprint density at radius 1 is 1.23 bits per heavy atom. The number of carbonyl (C=O) groups is 1. The summed E-state index contributed by atoms with van der Waals surface area (Å²) in [5.74, 6) is 0.645. The number of nitrogens with zero attached hydrogens (tertiary/aromatic N) is 5. The zero-order valence-corrected chi connectivity index (χ0v) is 21.1. The van der Waals surface area contributed by atoms with E-state index in [0.29, 0.717) is 30.5 Å². The average molecular weight is 489 g/mol. The van der Waals surface area contributed by atoms with Crippen molar-refractivity contribution in [1.29, 1.82) is 0 Å². The number of nitrogens with one attached hydrogen (secondary N) is 1. The molecule has 0 saturated heterocycles. The fraction of sp³-hybridized carbons (Fsp3) is 0.346. The van der Waals surface area contributed by atoms with Gasteiger partial charge in [-0.25, -0.2) is 15.0 Å². The van der Waals surface area contributed by atoms with Crippen molar-refractivity contribution in [2.24, 2.45) is 7.05 Å². The van der Waals surface area contributed by atoms with Gasteiger partial charge in [0.15, 0.2) is 5.78 Å². The molecule has 1 aliphatic rings. The van der Waals surface area contributed by atoms with E-state index in [9.17, 15) is 4.79 Å². The number of rotatable bonds is 6. The minimum absolute atomic E-state index is 0.0219. The molecular formula is C26H28N6O2S. The van der Waals surface area contributed by atoms with Crippen molar-refractivity contribution in [3.8, 4) is 11.3 Å². The van der Waals surface area contributed by atoms with E-state index in [1.165, 1.54) is 11.3 Å². The van der Waals surface area contributed by atoms with E-state index in [1.54, 1.807) is 23.3 Å². The number of ether oxygens (including phenoxy) is 1. The van der Waals surface area contributed by atoms with Crippen LogP contribution in [0.4, 0.5) is 11.6 Å². The molecule has 0 fully saturated rings. The Morgan fingerprint density at radius 2 is 2.09 bits per heavy atom. The van der Waals surface area contributed by atoms with Crippen molar-refractivity contribution in [2.75, 3.05) is 11.9 Å². The molecule has 35 heavy (non-hydrogen) atoms. The number of aryl methyl sites for hydroxylation is 1. The van der Waals surface area contributed by atoms with E-state index in [0.717, 1.165) is 33.1 Å². The van der Waals surface area contributed by atoms with Gasteiger partial charge >= 0.3 is 0 Å². The summed E-state index contributed by atoms with van der Waals surface area (Å²) in [7, 11) is 1.86. The predicted octanol–water partition coefficient (Wildman–Crippen LogP) is 5.26. The van der Waals surface area contributed by atoms with Crippen molar-refractivity contribution in [2.45, 2.75) is 45.1 Å². The van der Waals surface area contributed by atoms with E-state index >= 15 is 0 Å². The third-order valence-corrected chi connectivity index (χ3v) is 7.39.